The topological polar surface area (TPSA) is 50.5 Å². The molecule has 1 N–H and O–H groups in total. The summed E-state index contributed by atoms with van der Waals surface area (Å²) in [6.07, 6.45) is 2.67. The first-order chi connectivity index (χ1) is 14.7. The van der Waals surface area contributed by atoms with E-state index in [0.717, 1.165) is 83.9 Å². The molecule has 1 aliphatic heterocycles. The molecule has 0 spiro atoms. The number of aliphatic hydroxyl groups excluding tert-OH is 1. The van der Waals surface area contributed by atoms with E-state index in [4.69, 9.17) is 21.3 Å². The highest BCUT2D eigenvalue weighted by Gasteiger charge is 2.19. The number of likely N-dealkylation sites (tertiary alicyclic amines) is 1. The summed E-state index contributed by atoms with van der Waals surface area (Å²) < 4.78 is 7.85. The number of nitrogens with zero attached hydrogens (tertiary/aromatic N) is 3. The largest absolute Gasteiger partial charge is 0.497 e. The van der Waals surface area contributed by atoms with Crippen LogP contribution < -0.4 is 4.74 Å². The Morgan fingerprint density at radius 3 is 2.60 bits per heavy atom. The van der Waals surface area contributed by atoms with Gasteiger partial charge in [-0.1, -0.05) is 35.9 Å². The molecule has 3 heterocycles. The van der Waals surface area contributed by atoms with E-state index in [0.29, 0.717) is 5.15 Å². The second-order valence-electron chi connectivity index (χ2n) is 8.11. The van der Waals surface area contributed by atoms with Gasteiger partial charge in [0.2, 0.25) is 0 Å². The van der Waals surface area contributed by atoms with Crippen LogP contribution in [0.15, 0.2) is 42.5 Å². The van der Waals surface area contributed by atoms with Crippen LogP contribution in [0, 0.1) is 0 Å². The number of hydrogen-bond donors (Lipinski definition) is 1. The first kappa shape index (κ1) is 19.6. The van der Waals surface area contributed by atoms with Crippen molar-refractivity contribution >= 4 is 44.3 Å². The predicted molar refractivity (Wildman–Crippen MR) is 123 cm³/mol. The minimum Gasteiger partial charge on any atom is -0.497 e. The lowest BCUT2D eigenvalue weighted by Crippen LogP contribution is -2.36. The lowest BCUT2D eigenvalue weighted by molar-refractivity contribution is 0.0816. The third kappa shape index (κ3) is 3.41. The molecule has 5 rings (SSSR count). The number of piperidine rings is 1. The molecule has 0 radical (unpaired) electrons. The summed E-state index contributed by atoms with van der Waals surface area (Å²) in [7, 11) is 1.69. The molecule has 5 nitrogen and oxygen atoms in total. The molecule has 1 fully saturated rings. The molecule has 0 amide bonds. The van der Waals surface area contributed by atoms with Crippen LogP contribution in [0.5, 0.6) is 5.75 Å². The Morgan fingerprint density at radius 1 is 1.07 bits per heavy atom. The number of halogens is 1. The van der Waals surface area contributed by atoms with Crippen molar-refractivity contribution in [3.05, 3.63) is 47.6 Å². The zero-order valence-corrected chi connectivity index (χ0v) is 17.9. The number of aliphatic hydroxyl groups is 1. The lowest BCUT2D eigenvalue weighted by Gasteiger charge is -2.29. The molecule has 2 aromatic heterocycles. The number of aryl methyl sites for hydroxylation is 1. The number of ether oxygens (including phenoxy) is 1. The van der Waals surface area contributed by atoms with E-state index >= 15 is 0 Å². The Morgan fingerprint density at radius 2 is 1.83 bits per heavy atom. The highest BCUT2D eigenvalue weighted by Crippen LogP contribution is 2.37. The first-order valence-electron chi connectivity index (χ1n) is 10.6. The fourth-order valence-electron chi connectivity index (χ4n) is 4.68. The maximum absolute atomic E-state index is 9.75. The van der Waals surface area contributed by atoms with Crippen LogP contribution in [0.3, 0.4) is 0 Å². The predicted octanol–water partition coefficient (Wildman–Crippen LogP) is 4.85. The third-order valence-electron chi connectivity index (χ3n) is 6.27. The third-order valence-corrected chi connectivity index (χ3v) is 6.56. The van der Waals surface area contributed by atoms with Crippen molar-refractivity contribution in [1.82, 2.24) is 14.5 Å². The molecule has 0 unspecified atom stereocenters. The number of fused-ring (bicyclic) bond motifs is 5. The van der Waals surface area contributed by atoms with Gasteiger partial charge in [0.25, 0.3) is 0 Å². The number of benzene rings is 2. The molecular formula is C24H26ClN3O2. The lowest BCUT2D eigenvalue weighted by atomic mass is 10.1. The molecule has 0 saturated carbocycles. The van der Waals surface area contributed by atoms with Gasteiger partial charge in [-0.15, -0.1) is 0 Å². The quantitative estimate of drug-likeness (QED) is 0.466. The number of aromatic nitrogens is 2. The summed E-state index contributed by atoms with van der Waals surface area (Å²) in [5, 5.41) is 13.5. The van der Waals surface area contributed by atoms with Gasteiger partial charge in [-0.3, -0.25) is 0 Å². The van der Waals surface area contributed by atoms with E-state index in [1.54, 1.807) is 7.11 Å². The fourth-order valence-corrected chi connectivity index (χ4v) is 4.93. The standard InChI is InChI=1S/C24H26ClN3O2/c1-30-17-7-8-21-20(15-17)22-23(18-5-2-3-6-19(18)24(25)26-22)28(21)12-4-11-27-13-9-16(29)10-14-27/h2-3,5-8,15-16,29H,4,9-14H2,1H3. The van der Waals surface area contributed by atoms with Crippen molar-refractivity contribution in [3.63, 3.8) is 0 Å². The van der Waals surface area contributed by atoms with Gasteiger partial charge < -0.3 is 19.3 Å². The van der Waals surface area contributed by atoms with Crippen molar-refractivity contribution in [2.45, 2.75) is 31.9 Å². The van der Waals surface area contributed by atoms with Gasteiger partial charge >= 0.3 is 0 Å². The Hall–Kier alpha value is -2.34. The van der Waals surface area contributed by atoms with Crippen LogP contribution in [-0.4, -0.2) is 52.4 Å². The van der Waals surface area contributed by atoms with Crippen LogP contribution >= 0.6 is 11.6 Å². The average molecular weight is 424 g/mol. The summed E-state index contributed by atoms with van der Waals surface area (Å²) >= 11 is 6.56. The summed E-state index contributed by atoms with van der Waals surface area (Å²) in [4.78, 5) is 7.24. The zero-order chi connectivity index (χ0) is 20.7. The zero-order valence-electron chi connectivity index (χ0n) is 17.1. The van der Waals surface area contributed by atoms with E-state index in [9.17, 15) is 5.11 Å². The number of rotatable bonds is 5. The minimum absolute atomic E-state index is 0.129. The molecular weight excluding hydrogens is 398 g/mol. The van der Waals surface area contributed by atoms with Gasteiger partial charge in [-0.2, -0.15) is 0 Å². The highest BCUT2D eigenvalue weighted by atomic mass is 35.5. The van der Waals surface area contributed by atoms with E-state index in [1.807, 2.05) is 18.2 Å². The maximum atomic E-state index is 9.75. The van der Waals surface area contributed by atoms with E-state index in [2.05, 4.69) is 33.7 Å². The number of pyridine rings is 1. The second-order valence-corrected chi connectivity index (χ2v) is 8.46. The van der Waals surface area contributed by atoms with Crippen LogP contribution in [0.1, 0.15) is 19.3 Å². The van der Waals surface area contributed by atoms with Gasteiger partial charge in [0.05, 0.1) is 29.8 Å². The van der Waals surface area contributed by atoms with Crippen molar-refractivity contribution in [1.29, 1.82) is 0 Å². The van der Waals surface area contributed by atoms with Crippen LogP contribution in [0.2, 0.25) is 5.15 Å². The minimum atomic E-state index is -0.129. The van der Waals surface area contributed by atoms with E-state index in [1.165, 1.54) is 0 Å². The van der Waals surface area contributed by atoms with Gasteiger partial charge in [0.15, 0.2) is 0 Å². The summed E-state index contributed by atoms with van der Waals surface area (Å²) in [6.45, 7) is 3.89. The van der Waals surface area contributed by atoms with Crippen molar-refractivity contribution in [2.75, 3.05) is 26.7 Å². The highest BCUT2D eigenvalue weighted by molar-refractivity contribution is 6.36. The molecule has 0 aliphatic carbocycles. The Balaban J connectivity index is 1.59. The SMILES string of the molecule is COc1ccc2c(c1)c1nc(Cl)c3ccccc3c1n2CCCN1CCC(O)CC1. The normalized spacial score (nSPS) is 16.1. The maximum Gasteiger partial charge on any atom is 0.137 e. The van der Waals surface area contributed by atoms with Gasteiger partial charge in [-0.05, 0) is 44.0 Å². The molecule has 2 aromatic carbocycles. The Kier molecular flexibility index (Phi) is 5.27. The van der Waals surface area contributed by atoms with E-state index in [-0.39, 0.29) is 6.10 Å². The average Bonchev–Trinajstić information content (AvgIpc) is 3.08. The molecule has 4 aromatic rings. The van der Waals surface area contributed by atoms with E-state index < -0.39 is 0 Å². The summed E-state index contributed by atoms with van der Waals surface area (Å²) in [5.41, 5.74) is 3.21. The second kappa shape index (κ2) is 8.06. The Labute approximate surface area is 180 Å². The molecule has 1 saturated heterocycles. The molecule has 30 heavy (non-hydrogen) atoms. The number of methoxy groups -OCH3 is 1. The first-order valence-corrected chi connectivity index (χ1v) is 11.0. The molecule has 1 aliphatic rings. The van der Waals surface area contributed by atoms with Crippen LogP contribution in [-0.2, 0) is 6.54 Å². The molecule has 6 heteroatoms. The number of hydrogen-bond acceptors (Lipinski definition) is 4. The monoisotopic (exact) mass is 423 g/mol. The van der Waals surface area contributed by atoms with Crippen molar-refractivity contribution in [2.24, 2.45) is 0 Å². The van der Waals surface area contributed by atoms with Crippen LogP contribution in [0.25, 0.3) is 32.7 Å². The van der Waals surface area contributed by atoms with Crippen molar-refractivity contribution in [3.8, 4) is 5.75 Å². The van der Waals surface area contributed by atoms with Crippen LogP contribution in [0.4, 0.5) is 0 Å². The van der Waals surface area contributed by atoms with Gasteiger partial charge in [0, 0.05) is 35.8 Å². The molecule has 0 atom stereocenters. The summed E-state index contributed by atoms with van der Waals surface area (Å²) in [6, 6.07) is 14.4. The molecule has 0 bridgehead atoms. The van der Waals surface area contributed by atoms with Crippen molar-refractivity contribution < 1.29 is 9.84 Å². The Bertz CT molecular complexity index is 1210. The summed E-state index contributed by atoms with van der Waals surface area (Å²) in [5.74, 6) is 0.819. The molecule has 156 valence electrons. The fraction of sp³-hybridized carbons (Fsp3) is 0.375. The smallest absolute Gasteiger partial charge is 0.137 e. The van der Waals surface area contributed by atoms with Gasteiger partial charge in [-0.25, -0.2) is 4.98 Å². The van der Waals surface area contributed by atoms with Gasteiger partial charge in [0.1, 0.15) is 10.9 Å².